The number of nitrogens with two attached hydrogens (primary N) is 1. The average molecular weight is 295 g/mol. The van der Waals surface area contributed by atoms with Gasteiger partial charge < -0.3 is 20.1 Å². The fraction of sp³-hybridized carbons (Fsp3) is 0.714. The highest BCUT2D eigenvalue weighted by Crippen LogP contribution is 2.21. The summed E-state index contributed by atoms with van der Waals surface area (Å²) in [7, 11) is 3.19. The molecular weight excluding hydrogens is 270 g/mol. The van der Waals surface area contributed by atoms with Crippen LogP contribution in [0.1, 0.15) is 13.3 Å². The van der Waals surface area contributed by atoms with Gasteiger partial charge in [-0.3, -0.25) is 4.90 Å². The minimum atomic E-state index is 0.466. The van der Waals surface area contributed by atoms with Gasteiger partial charge in [-0.25, -0.2) is 0 Å². The van der Waals surface area contributed by atoms with Crippen LogP contribution >= 0.6 is 0 Å². The summed E-state index contributed by atoms with van der Waals surface area (Å²) in [5, 5.41) is 0. The van der Waals surface area contributed by atoms with Crippen molar-refractivity contribution in [2.45, 2.75) is 19.4 Å². The van der Waals surface area contributed by atoms with Crippen LogP contribution in [0.15, 0.2) is 6.07 Å². The molecule has 0 amide bonds. The molecule has 0 radical (unpaired) electrons. The summed E-state index contributed by atoms with van der Waals surface area (Å²) in [4.78, 5) is 13.4. The number of anilines is 1. The summed E-state index contributed by atoms with van der Waals surface area (Å²) in [6, 6.07) is 2.15. The number of methoxy groups -OCH3 is 2. The van der Waals surface area contributed by atoms with Crippen molar-refractivity contribution in [2.24, 2.45) is 5.73 Å². The van der Waals surface area contributed by atoms with Crippen molar-refractivity contribution >= 4 is 5.95 Å². The highest BCUT2D eigenvalue weighted by Gasteiger charge is 2.24. The lowest BCUT2D eigenvalue weighted by molar-refractivity contribution is 0.183. The van der Waals surface area contributed by atoms with E-state index in [0.29, 0.717) is 30.3 Å². The monoisotopic (exact) mass is 295 g/mol. The molecule has 7 nitrogen and oxygen atoms in total. The van der Waals surface area contributed by atoms with Crippen molar-refractivity contribution in [3.05, 3.63) is 6.07 Å². The van der Waals surface area contributed by atoms with E-state index in [1.165, 1.54) is 0 Å². The van der Waals surface area contributed by atoms with Gasteiger partial charge in [-0.1, -0.05) is 6.92 Å². The number of hydrogen-bond acceptors (Lipinski definition) is 7. The molecule has 118 valence electrons. The van der Waals surface area contributed by atoms with Crippen LogP contribution in [0.4, 0.5) is 5.95 Å². The number of hydrogen-bond donors (Lipinski definition) is 1. The second-order valence-corrected chi connectivity index (χ2v) is 5.07. The molecule has 1 unspecified atom stereocenters. The second-order valence-electron chi connectivity index (χ2n) is 5.07. The van der Waals surface area contributed by atoms with Crippen molar-refractivity contribution < 1.29 is 9.47 Å². The minimum Gasteiger partial charge on any atom is -0.481 e. The molecule has 1 saturated heterocycles. The van der Waals surface area contributed by atoms with Gasteiger partial charge in [-0.15, -0.1) is 0 Å². The largest absolute Gasteiger partial charge is 0.481 e. The summed E-state index contributed by atoms with van der Waals surface area (Å²) in [6.07, 6.45) is 1.08. The molecule has 1 aliphatic rings. The number of nitrogens with zero attached hydrogens (tertiary/aromatic N) is 4. The van der Waals surface area contributed by atoms with Gasteiger partial charge in [0.15, 0.2) is 0 Å². The standard InChI is InChI=1S/C14H25N5O2/c1-4-11(10-15)18-5-7-19(8-6-18)14-16-12(20-2)9-13(17-14)21-3/h9,11H,4-8,10,15H2,1-3H3. The topological polar surface area (TPSA) is 76.7 Å². The normalized spacial score (nSPS) is 17.6. The number of ether oxygens (including phenoxy) is 2. The van der Waals surface area contributed by atoms with Crippen LogP contribution < -0.4 is 20.1 Å². The third-order valence-corrected chi connectivity index (χ3v) is 3.94. The minimum absolute atomic E-state index is 0.466. The first-order valence-electron chi connectivity index (χ1n) is 7.38. The molecule has 0 spiro atoms. The summed E-state index contributed by atoms with van der Waals surface area (Å²) in [6.45, 7) is 6.59. The fourth-order valence-electron chi connectivity index (χ4n) is 2.60. The molecule has 2 rings (SSSR count). The van der Waals surface area contributed by atoms with Crippen LogP contribution in [-0.4, -0.2) is 67.9 Å². The van der Waals surface area contributed by atoms with Crippen LogP contribution in [0.2, 0.25) is 0 Å². The lowest BCUT2D eigenvalue weighted by Crippen LogP contribution is -2.52. The SMILES string of the molecule is CCC(CN)N1CCN(c2nc(OC)cc(OC)n2)CC1. The van der Waals surface area contributed by atoms with E-state index in [1.807, 2.05) is 0 Å². The fourth-order valence-corrected chi connectivity index (χ4v) is 2.60. The van der Waals surface area contributed by atoms with E-state index < -0.39 is 0 Å². The molecule has 0 bridgehead atoms. The lowest BCUT2D eigenvalue weighted by atomic mass is 10.1. The highest BCUT2D eigenvalue weighted by molar-refractivity contribution is 5.37. The summed E-state index contributed by atoms with van der Waals surface area (Å²) in [5.74, 6) is 1.70. The first kappa shape index (κ1) is 15.8. The Kier molecular flexibility index (Phi) is 5.58. The Bertz CT molecular complexity index is 423. The molecule has 2 heterocycles. The molecule has 0 aromatic carbocycles. The number of piperazine rings is 1. The molecule has 1 aliphatic heterocycles. The molecule has 1 atom stereocenters. The Hall–Kier alpha value is -1.60. The summed E-state index contributed by atoms with van der Waals surface area (Å²) < 4.78 is 10.4. The predicted molar refractivity (Wildman–Crippen MR) is 82.1 cm³/mol. The van der Waals surface area contributed by atoms with Crippen molar-refractivity contribution in [1.29, 1.82) is 0 Å². The lowest BCUT2D eigenvalue weighted by Gasteiger charge is -2.38. The molecule has 1 aromatic rings. The van der Waals surface area contributed by atoms with Crippen LogP contribution in [0, 0.1) is 0 Å². The molecule has 1 aromatic heterocycles. The maximum absolute atomic E-state index is 5.82. The smallest absolute Gasteiger partial charge is 0.232 e. The zero-order chi connectivity index (χ0) is 15.2. The van der Waals surface area contributed by atoms with Crippen LogP contribution in [0.25, 0.3) is 0 Å². The Balaban J connectivity index is 2.04. The van der Waals surface area contributed by atoms with Crippen LogP contribution in [0.5, 0.6) is 11.8 Å². The summed E-state index contributed by atoms with van der Waals surface area (Å²) >= 11 is 0. The van der Waals surface area contributed by atoms with Crippen molar-refractivity contribution in [2.75, 3.05) is 51.8 Å². The Labute approximate surface area is 126 Å². The zero-order valence-corrected chi connectivity index (χ0v) is 13.1. The van der Waals surface area contributed by atoms with Gasteiger partial charge in [0.2, 0.25) is 17.7 Å². The van der Waals surface area contributed by atoms with Crippen molar-refractivity contribution in [3.8, 4) is 11.8 Å². The Morgan fingerprint density at radius 3 is 2.14 bits per heavy atom. The van der Waals surface area contributed by atoms with Gasteiger partial charge in [0.25, 0.3) is 0 Å². The maximum atomic E-state index is 5.82. The molecule has 21 heavy (non-hydrogen) atoms. The average Bonchev–Trinajstić information content (AvgIpc) is 2.56. The van der Waals surface area contributed by atoms with E-state index >= 15 is 0 Å². The van der Waals surface area contributed by atoms with Crippen LogP contribution in [0.3, 0.4) is 0 Å². The molecule has 7 heteroatoms. The van der Waals surface area contributed by atoms with Gasteiger partial charge in [0.1, 0.15) is 0 Å². The molecule has 2 N–H and O–H groups in total. The van der Waals surface area contributed by atoms with Crippen molar-refractivity contribution in [3.63, 3.8) is 0 Å². The van der Waals surface area contributed by atoms with E-state index in [4.69, 9.17) is 15.2 Å². The quantitative estimate of drug-likeness (QED) is 0.811. The second kappa shape index (κ2) is 7.42. The number of aromatic nitrogens is 2. The van der Waals surface area contributed by atoms with E-state index in [0.717, 1.165) is 32.6 Å². The first-order chi connectivity index (χ1) is 10.2. The molecule has 0 saturated carbocycles. The zero-order valence-electron chi connectivity index (χ0n) is 13.1. The van der Waals surface area contributed by atoms with Crippen LogP contribution in [-0.2, 0) is 0 Å². The van der Waals surface area contributed by atoms with E-state index in [9.17, 15) is 0 Å². The molecular formula is C14H25N5O2. The first-order valence-corrected chi connectivity index (χ1v) is 7.38. The van der Waals surface area contributed by atoms with Gasteiger partial charge in [0, 0.05) is 38.8 Å². The summed E-state index contributed by atoms with van der Waals surface area (Å²) in [5.41, 5.74) is 5.82. The Morgan fingerprint density at radius 2 is 1.71 bits per heavy atom. The Morgan fingerprint density at radius 1 is 1.14 bits per heavy atom. The van der Waals surface area contributed by atoms with Gasteiger partial charge in [0.05, 0.1) is 20.3 Å². The third-order valence-electron chi connectivity index (χ3n) is 3.94. The van der Waals surface area contributed by atoms with E-state index in [1.54, 1.807) is 20.3 Å². The van der Waals surface area contributed by atoms with Gasteiger partial charge in [-0.05, 0) is 6.42 Å². The van der Waals surface area contributed by atoms with Gasteiger partial charge in [-0.2, -0.15) is 9.97 Å². The molecule has 0 aliphatic carbocycles. The van der Waals surface area contributed by atoms with E-state index in [2.05, 4.69) is 26.7 Å². The van der Waals surface area contributed by atoms with Crippen molar-refractivity contribution in [1.82, 2.24) is 14.9 Å². The highest BCUT2D eigenvalue weighted by atomic mass is 16.5. The predicted octanol–water partition coefficient (Wildman–Crippen LogP) is 0.353. The van der Waals surface area contributed by atoms with Gasteiger partial charge >= 0.3 is 0 Å². The maximum Gasteiger partial charge on any atom is 0.232 e. The van der Waals surface area contributed by atoms with E-state index in [-0.39, 0.29) is 0 Å². The molecule has 1 fully saturated rings. The third kappa shape index (κ3) is 3.74. The number of rotatable bonds is 6.